The van der Waals surface area contributed by atoms with Crippen LogP contribution in [0.25, 0.3) is 0 Å². The summed E-state index contributed by atoms with van der Waals surface area (Å²) >= 11 is 0. The number of primary amides is 1. The van der Waals surface area contributed by atoms with Crippen LogP contribution < -0.4 is 11.1 Å². The molecule has 0 aromatic heterocycles. The Morgan fingerprint density at radius 2 is 1.53 bits per heavy atom. The molecule has 0 aliphatic heterocycles. The van der Waals surface area contributed by atoms with E-state index in [4.69, 9.17) is 5.73 Å². The standard InChI is InChI=1S/C36H48F2N4O6S/c1-5-12-42(13-6-2,36(46)29-19-28(35(39)45)20-32(21-29)49(47,48)41(4)11-14-43)33(18-27-16-30(37)22-31(38)17-27)34(44)24-40-23-26-10-8-9-25(7-3)15-26/h8-10,15-17,19-22,33-34,40,43-44H,5-7,11-14,18,23-24H2,1-4H3,(H-,39,45)/p+1/t33-,34+/m0/s1. The van der Waals surface area contributed by atoms with Crippen LogP contribution in [-0.2, 0) is 29.4 Å². The summed E-state index contributed by atoms with van der Waals surface area (Å²) in [6.07, 6.45) is 0.485. The molecule has 3 rings (SSSR count). The Balaban J connectivity index is 2.18. The lowest BCUT2D eigenvalue weighted by atomic mass is 9.93. The molecule has 5 N–H and O–H groups in total. The van der Waals surface area contributed by atoms with Crippen molar-refractivity contribution in [3.8, 4) is 0 Å². The van der Waals surface area contributed by atoms with Gasteiger partial charge in [0.25, 0.3) is 0 Å². The number of amides is 2. The molecule has 10 nitrogen and oxygen atoms in total. The van der Waals surface area contributed by atoms with E-state index in [-0.39, 0.29) is 54.2 Å². The number of aliphatic hydroxyl groups is 2. The van der Waals surface area contributed by atoms with Gasteiger partial charge in [-0.15, -0.1) is 0 Å². The van der Waals surface area contributed by atoms with Crippen molar-refractivity contribution in [1.29, 1.82) is 0 Å². The first-order valence-corrected chi connectivity index (χ1v) is 18.0. The average molecular weight is 704 g/mol. The molecule has 268 valence electrons. The van der Waals surface area contributed by atoms with Crippen molar-refractivity contribution in [2.45, 2.75) is 70.0 Å². The maximum atomic E-state index is 14.9. The lowest BCUT2D eigenvalue weighted by Crippen LogP contribution is -2.65. The molecule has 0 heterocycles. The van der Waals surface area contributed by atoms with Crippen LogP contribution in [0.2, 0.25) is 0 Å². The summed E-state index contributed by atoms with van der Waals surface area (Å²) in [4.78, 5) is 27.0. The Labute approximate surface area is 288 Å². The van der Waals surface area contributed by atoms with Gasteiger partial charge in [0, 0.05) is 44.7 Å². The first-order chi connectivity index (χ1) is 23.2. The van der Waals surface area contributed by atoms with Crippen LogP contribution in [0.15, 0.2) is 65.6 Å². The number of rotatable bonds is 19. The number of halogens is 2. The van der Waals surface area contributed by atoms with E-state index in [0.29, 0.717) is 19.4 Å². The number of hydrogen-bond acceptors (Lipinski definition) is 7. The zero-order chi connectivity index (χ0) is 36.4. The Hall–Kier alpha value is -3.59. The van der Waals surface area contributed by atoms with Gasteiger partial charge in [0.2, 0.25) is 15.9 Å². The van der Waals surface area contributed by atoms with E-state index in [2.05, 4.69) is 18.3 Å². The minimum absolute atomic E-state index is 0.0342. The van der Waals surface area contributed by atoms with E-state index in [0.717, 1.165) is 34.0 Å². The maximum absolute atomic E-state index is 14.9. The van der Waals surface area contributed by atoms with Crippen molar-refractivity contribution in [2.75, 3.05) is 39.8 Å². The second kappa shape index (κ2) is 17.9. The fourth-order valence-electron chi connectivity index (χ4n) is 6.38. The van der Waals surface area contributed by atoms with Gasteiger partial charge in [0.15, 0.2) is 0 Å². The first kappa shape index (κ1) is 39.8. The third-order valence-electron chi connectivity index (χ3n) is 8.74. The molecule has 2 atom stereocenters. The van der Waals surface area contributed by atoms with Crippen LogP contribution >= 0.6 is 0 Å². The minimum atomic E-state index is -4.26. The molecule has 0 aliphatic carbocycles. The van der Waals surface area contributed by atoms with Crippen molar-refractivity contribution in [3.63, 3.8) is 0 Å². The van der Waals surface area contributed by atoms with Gasteiger partial charge in [-0.3, -0.25) is 9.28 Å². The zero-order valence-corrected chi connectivity index (χ0v) is 29.5. The number of nitrogens with two attached hydrogens (primary N) is 1. The number of likely N-dealkylation sites (N-methyl/N-ethyl adjacent to an activating group) is 1. The van der Waals surface area contributed by atoms with Crippen LogP contribution in [0.4, 0.5) is 8.78 Å². The SMILES string of the molecule is CCC[N+](CCC)(C(=O)c1cc(C(N)=O)cc(S(=O)(=O)N(C)CCO)c1)[C@@H](Cc1cc(F)cc(F)c1)[C@H](O)CNCc1cccc(CC)c1. The molecular formula is C36H49F2N4O6S+. The molecule has 49 heavy (non-hydrogen) atoms. The number of carbonyl (C=O) groups excluding carboxylic acids is 2. The highest BCUT2D eigenvalue weighted by Gasteiger charge is 2.47. The molecular weight excluding hydrogens is 654 g/mol. The summed E-state index contributed by atoms with van der Waals surface area (Å²) in [5, 5.41) is 24.5. The van der Waals surface area contributed by atoms with Crippen molar-refractivity contribution < 1.29 is 41.5 Å². The van der Waals surface area contributed by atoms with Crippen LogP contribution in [0.5, 0.6) is 0 Å². The van der Waals surface area contributed by atoms with Gasteiger partial charge >= 0.3 is 5.91 Å². The topological polar surface area (TPSA) is 150 Å². The number of hydrogen-bond donors (Lipinski definition) is 4. The summed E-state index contributed by atoms with van der Waals surface area (Å²) in [6, 6.07) is 13.6. The highest BCUT2D eigenvalue weighted by molar-refractivity contribution is 7.89. The molecule has 2 amide bonds. The van der Waals surface area contributed by atoms with E-state index in [1.54, 1.807) is 0 Å². The molecule has 13 heteroatoms. The van der Waals surface area contributed by atoms with Crippen molar-refractivity contribution in [1.82, 2.24) is 9.62 Å². The lowest BCUT2D eigenvalue weighted by Gasteiger charge is -2.44. The largest absolute Gasteiger partial charge is 0.395 e. The molecule has 0 fully saturated rings. The van der Waals surface area contributed by atoms with E-state index in [1.165, 1.54) is 31.3 Å². The third kappa shape index (κ3) is 9.99. The monoisotopic (exact) mass is 703 g/mol. The van der Waals surface area contributed by atoms with Crippen LogP contribution in [0.1, 0.15) is 71.0 Å². The number of carbonyl (C=O) groups is 2. The Bertz CT molecular complexity index is 1680. The van der Waals surface area contributed by atoms with E-state index < -0.39 is 56.7 Å². The predicted molar refractivity (Wildman–Crippen MR) is 184 cm³/mol. The predicted octanol–water partition coefficient (Wildman–Crippen LogP) is 3.78. The second-order valence-electron chi connectivity index (χ2n) is 12.4. The van der Waals surface area contributed by atoms with Crippen molar-refractivity contribution in [2.24, 2.45) is 5.73 Å². The number of aryl methyl sites for hydroxylation is 1. The highest BCUT2D eigenvalue weighted by atomic mass is 32.2. The van der Waals surface area contributed by atoms with Crippen molar-refractivity contribution in [3.05, 3.63) is 100 Å². The normalized spacial score (nSPS) is 13.4. The molecule has 0 saturated carbocycles. The van der Waals surface area contributed by atoms with Gasteiger partial charge in [-0.25, -0.2) is 22.0 Å². The molecule has 0 spiro atoms. The fraction of sp³-hybridized carbons (Fsp3) is 0.444. The summed E-state index contributed by atoms with van der Waals surface area (Å²) in [5.74, 6) is -3.14. The van der Waals surface area contributed by atoms with E-state index in [9.17, 15) is 37.0 Å². The number of aliphatic hydroxyl groups excluding tert-OH is 2. The van der Waals surface area contributed by atoms with Gasteiger partial charge in [0.1, 0.15) is 23.8 Å². The van der Waals surface area contributed by atoms with Crippen LogP contribution in [0.3, 0.4) is 0 Å². The minimum Gasteiger partial charge on any atom is -0.395 e. The zero-order valence-electron chi connectivity index (χ0n) is 28.7. The van der Waals surface area contributed by atoms with Gasteiger partial charge in [-0.2, -0.15) is 4.31 Å². The summed E-state index contributed by atoms with van der Waals surface area (Å²) in [7, 11) is -3.00. The van der Waals surface area contributed by atoms with Gasteiger partial charge in [-0.1, -0.05) is 45.0 Å². The van der Waals surface area contributed by atoms with Crippen LogP contribution in [0, 0.1) is 11.6 Å². The number of benzene rings is 3. The first-order valence-electron chi connectivity index (χ1n) is 16.6. The lowest BCUT2D eigenvalue weighted by molar-refractivity contribution is -0.878. The summed E-state index contributed by atoms with van der Waals surface area (Å²) in [5.41, 5.74) is 7.64. The summed E-state index contributed by atoms with van der Waals surface area (Å²) in [6.45, 7) is 5.93. The Morgan fingerprint density at radius 3 is 2.10 bits per heavy atom. The quantitative estimate of drug-likeness (QED) is 0.139. The fourth-order valence-corrected chi connectivity index (χ4v) is 7.61. The van der Waals surface area contributed by atoms with Gasteiger partial charge in [-0.05, 0) is 66.3 Å². The molecule has 0 bridgehead atoms. The highest BCUT2D eigenvalue weighted by Crippen LogP contribution is 2.30. The molecule has 3 aromatic rings. The van der Waals surface area contributed by atoms with E-state index >= 15 is 0 Å². The third-order valence-corrected chi connectivity index (χ3v) is 10.6. The number of quaternary nitrogens is 1. The number of nitrogens with zero attached hydrogens (tertiary/aromatic N) is 2. The Kier molecular flexibility index (Phi) is 14.5. The molecule has 0 radical (unpaired) electrons. The second-order valence-corrected chi connectivity index (χ2v) is 14.4. The van der Waals surface area contributed by atoms with Gasteiger partial charge in [0.05, 0.1) is 30.2 Å². The number of nitrogens with one attached hydrogen (secondary N) is 1. The number of sulfonamides is 1. The molecule has 0 unspecified atom stereocenters. The van der Waals surface area contributed by atoms with E-state index in [1.807, 2.05) is 32.0 Å². The average Bonchev–Trinajstić information content (AvgIpc) is 3.06. The maximum Gasteiger partial charge on any atom is 0.346 e. The molecule has 0 saturated heterocycles. The molecule has 0 aliphatic rings. The van der Waals surface area contributed by atoms with Crippen LogP contribution in [-0.4, -0.2) is 91.2 Å². The summed E-state index contributed by atoms with van der Waals surface area (Å²) < 4.78 is 56.2. The van der Waals surface area contributed by atoms with Crippen molar-refractivity contribution >= 4 is 21.8 Å². The van der Waals surface area contributed by atoms with Gasteiger partial charge < -0.3 is 21.3 Å². The molecule has 3 aromatic carbocycles. The Morgan fingerprint density at radius 1 is 0.918 bits per heavy atom. The smallest absolute Gasteiger partial charge is 0.346 e.